The van der Waals surface area contributed by atoms with Gasteiger partial charge in [0.2, 0.25) is 0 Å². The number of nitrogens with one attached hydrogen (secondary N) is 1. The second-order valence-corrected chi connectivity index (χ2v) is 8.22. The van der Waals surface area contributed by atoms with E-state index in [1.165, 1.54) is 44.2 Å². The molecule has 6 nitrogen and oxygen atoms in total. The maximum absolute atomic E-state index is 4.67. The topological polar surface area (TPSA) is 60.9 Å². The maximum Gasteiger partial charge on any atom is 0.167 e. The zero-order valence-corrected chi connectivity index (χ0v) is 16.5. The highest BCUT2D eigenvalue weighted by molar-refractivity contribution is 5.09. The molecule has 0 aromatic carbocycles. The minimum absolute atomic E-state index is 0.270. The van der Waals surface area contributed by atoms with Crippen LogP contribution in [0.1, 0.15) is 61.8 Å². The Bertz CT molecular complexity index is 694. The normalized spacial score (nSPS) is 23.4. The molecule has 1 unspecified atom stereocenters. The zero-order chi connectivity index (χ0) is 18.5. The molecule has 1 aliphatic carbocycles. The van der Waals surface area contributed by atoms with Crippen molar-refractivity contribution in [1.29, 1.82) is 0 Å². The van der Waals surface area contributed by atoms with Gasteiger partial charge in [-0.2, -0.15) is 5.10 Å². The molecule has 0 radical (unpaired) electrons. The predicted molar refractivity (Wildman–Crippen MR) is 106 cm³/mol. The summed E-state index contributed by atoms with van der Waals surface area (Å²) in [4.78, 5) is 14.2. The molecular weight excluding hydrogens is 336 g/mol. The summed E-state index contributed by atoms with van der Waals surface area (Å²) >= 11 is 0. The summed E-state index contributed by atoms with van der Waals surface area (Å²) in [5.74, 6) is 2.73. The van der Waals surface area contributed by atoms with Crippen LogP contribution < -0.4 is 0 Å². The van der Waals surface area contributed by atoms with Crippen molar-refractivity contribution in [2.75, 3.05) is 26.2 Å². The van der Waals surface area contributed by atoms with Gasteiger partial charge in [-0.25, -0.2) is 4.98 Å². The minimum atomic E-state index is 0.270. The van der Waals surface area contributed by atoms with Crippen molar-refractivity contribution in [3.05, 3.63) is 41.7 Å². The Hall–Kier alpha value is -1.79. The summed E-state index contributed by atoms with van der Waals surface area (Å²) < 4.78 is 0. The first-order valence-corrected chi connectivity index (χ1v) is 10.5. The van der Waals surface area contributed by atoms with Crippen LogP contribution in [-0.4, -0.2) is 56.1 Å². The molecule has 1 atom stereocenters. The molecule has 2 aromatic rings. The third-order valence-corrected chi connectivity index (χ3v) is 6.13. The van der Waals surface area contributed by atoms with Crippen LogP contribution in [-0.2, 0) is 6.54 Å². The second kappa shape index (κ2) is 8.93. The fourth-order valence-corrected chi connectivity index (χ4v) is 4.66. The molecule has 4 rings (SSSR count). The highest BCUT2D eigenvalue weighted by Crippen LogP contribution is 2.29. The lowest BCUT2D eigenvalue weighted by Crippen LogP contribution is -2.35. The van der Waals surface area contributed by atoms with E-state index >= 15 is 0 Å². The van der Waals surface area contributed by atoms with E-state index in [-0.39, 0.29) is 6.04 Å². The summed E-state index contributed by atoms with van der Waals surface area (Å²) in [5.41, 5.74) is 1.26. The lowest BCUT2D eigenvalue weighted by molar-refractivity contribution is 0.181. The van der Waals surface area contributed by atoms with E-state index in [0.29, 0.717) is 0 Å². The summed E-state index contributed by atoms with van der Waals surface area (Å²) in [6.07, 6.45) is 12.0. The Balaban J connectivity index is 1.46. The average molecular weight is 369 g/mol. The zero-order valence-electron chi connectivity index (χ0n) is 16.5. The van der Waals surface area contributed by atoms with E-state index in [1.807, 2.05) is 25.4 Å². The summed E-state index contributed by atoms with van der Waals surface area (Å²) in [6, 6.07) is 4.46. The number of aryl methyl sites for hydroxylation is 1. The molecule has 3 heterocycles. The number of pyridine rings is 1. The van der Waals surface area contributed by atoms with Gasteiger partial charge in [-0.3, -0.25) is 15.0 Å². The Morgan fingerprint density at radius 3 is 2.74 bits per heavy atom. The van der Waals surface area contributed by atoms with Gasteiger partial charge >= 0.3 is 0 Å². The summed E-state index contributed by atoms with van der Waals surface area (Å²) in [5, 5.41) is 7.54. The van der Waals surface area contributed by atoms with Crippen molar-refractivity contribution in [1.82, 2.24) is 30.0 Å². The van der Waals surface area contributed by atoms with Crippen LogP contribution in [0.2, 0.25) is 0 Å². The number of hydrogen-bond donors (Lipinski definition) is 1. The Kier molecular flexibility index (Phi) is 6.14. The first kappa shape index (κ1) is 18.6. The molecule has 27 heavy (non-hydrogen) atoms. The van der Waals surface area contributed by atoms with Gasteiger partial charge in [0.25, 0.3) is 0 Å². The largest absolute Gasteiger partial charge is 0.302 e. The molecule has 0 amide bonds. The molecule has 2 aromatic heterocycles. The van der Waals surface area contributed by atoms with Crippen molar-refractivity contribution < 1.29 is 0 Å². The van der Waals surface area contributed by atoms with Crippen molar-refractivity contribution in [3.8, 4) is 0 Å². The van der Waals surface area contributed by atoms with Gasteiger partial charge in [-0.1, -0.05) is 25.3 Å². The van der Waals surface area contributed by atoms with E-state index in [2.05, 4.69) is 36.0 Å². The third kappa shape index (κ3) is 4.93. The van der Waals surface area contributed by atoms with Crippen LogP contribution in [0.3, 0.4) is 0 Å². The van der Waals surface area contributed by atoms with Crippen LogP contribution in [0.5, 0.6) is 0 Å². The van der Waals surface area contributed by atoms with Crippen LogP contribution in [0.4, 0.5) is 0 Å². The summed E-state index contributed by atoms with van der Waals surface area (Å²) in [7, 11) is 0. The van der Waals surface area contributed by atoms with E-state index in [0.717, 1.165) is 50.2 Å². The maximum atomic E-state index is 4.67. The lowest BCUT2D eigenvalue weighted by Gasteiger charge is -2.29. The van der Waals surface area contributed by atoms with Gasteiger partial charge in [0.05, 0.1) is 6.04 Å². The number of aromatic nitrogens is 4. The Labute approximate surface area is 162 Å². The van der Waals surface area contributed by atoms with E-state index in [1.54, 1.807) is 0 Å². The molecular formula is C21H32N6. The van der Waals surface area contributed by atoms with Crippen molar-refractivity contribution >= 4 is 0 Å². The van der Waals surface area contributed by atoms with Crippen molar-refractivity contribution in [2.24, 2.45) is 5.92 Å². The molecule has 1 N–H and O–H groups in total. The smallest absolute Gasteiger partial charge is 0.167 e. The first-order chi connectivity index (χ1) is 13.3. The number of nitrogens with zero attached hydrogens (tertiary/aromatic N) is 5. The van der Waals surface area contributed by atoms with Gasteiger partial charge < -0.3 is 4.90 Å². The fraction of sp³-hybridized carbons (Fsp3) is 0.667. The van der Waals surface area contributed by atoms with Crippen molar-refractivity contribution in [3.63, 3.8) is 0 Å². The van der Waals surface area contributed by atoms with E-state index < -0.39 is 0 Å². The van der Waals surface area contributed by atoms with Crippen LogP contribution in [0.15, 0.2) is 24.5 Å². The first-order valence-electron chi connectivity index (χ1n) is 10.5. The number of H-pyrrole nitrogens is 1. The molecule has 0 bridgehead atoms. The monoisotopic (exact) mass is 368 g/mol. The van der Waals surface area contributed by atoms with E-state index in [4.69, 9.17) is 0 Å². The van der Waals surface area contributed by atoms with Gasteiger partial charge in [0.15, 0.2) is 5.82 Å². The fourth-order valence-electron chi connectivity index (χ4n) is 4.66. The molecule has 1 saturated carbocycles. The van der Waals surface area contributed by atoms with Crippen LogP contribution in [0, 0.1) is 12.8 Å². The average Bonchev–Trinajstić information content (AvgIpc) is 3.03. The molecule has 1 aliphatic heterocycles. The second-order valence-electron chi connectivity index (χ2n) is 8.22. The minimum Gasteiger partial charge on any atom is -0.302 e. The standard InChI is InChI=1S/C21H32N6/c1-17-23-21(25-24-17)20-9-11-26(15-18-6-3-2-4-7-18)12-13-27(20)16-19-8-5-10-22-14-19/h5,8,10,14,18,20H,2-4,6-7,9,11-13,15-16H2,1H3,(H,23,24,25). The van der Waals surface area contributed by atoms with Gasteiger partial charge in [0.1, 0.15) is 5.82 Å². The SMILES string of the molecule is Cc1nc(C2CCN(CC3CCCCC3)CCN2Cc2cccnc2)n[nH]1. The molecule has 2 aliphatic rings. The van der Waals surface area contributed by atoms with Gasteiger partial charge in [-0.05, 0) is 43.7 Å². The number of hydrogen-bond acceptors (Lipinski definition) is 5. The number of aromatic amines is 1. The lowest BCUT2D eigenvalue weighted by atomic mass is 9.89. The molecule has 2 fully saturated rings. The predicted octanol–water partition coefficient (Wildman–Crippen LogP) is 3.34. The summed E-state index contributed by atoms with van der Waals surface area (Å²) in [6.45, 7) is 7.48. The Morgan fingerprint density at radius 1 is 1.11 bits per heavy atom. The molecule has 146 valence electrons. The van der Waals surface area contributed by atoms with Gasteiger partial charge in [0, 0.05) is 45.1 Å². The molecule has 0 spiro atoms. The van der Waals surface area contributed by atoms with Gasteiger partial charge in [-0.15, -0.1) is 0 Å². The molecule has 1 saturated heterocycles. The highest BCUT2D eigenvalue weighted by Gasteiger charge is 2.29. The number of rotatable bonds is 5. The third-order valence-electron chi connectivity index (χ3n) is 6.13. The van der Waals surface area contributed by atoms with Crippen molar-refractivity contribution in [2.45, 2.75) is 58.0 Å². The van der Waals surface area contributed by atoms with Crippen LogP contribution in [0.25, 0.3) is 0 Å². The highest BCUT2D eigenvalue weighted by atomic mass is 15.3. The van der Waals surface area contributed by atoms with E-state index in [9.17, 15) is 0 Å². The Morgan fingerprint density at radius 2 is 2.00 bits per heavy atom. The quantitative estimate of drug-likeness (QED) is 0.877. The van der Waals surface area contributed by atoms with Crippen LogP contribution >= 0.6 is 0 Å². The molecule has 6 heteroatoms.